The minimum atomic E-state index is -0.250. The molecule has 1 aliphatic carbocycles. The van der Waals surface area contributed by atoms with E-state index in [0.29, 0.717) is 24.3 Å². The molecule has 2 nitrogen and oxygen atoms in total. The fourth-order valence-electron chi connectivity index (χ4n) is 2.36. The summed E-state index contributed by atoms with van der Waals surface area (Å²) < 4.78 is 13.7. The number of pyridine rings is 1. The molecule has 0 amide bonds. The van der Waals surface area contributed by atoms with E-state index >= 15 is 0 Å². The molecule has 0 saturated heterocycles. The molecule has 0 unspecified atom stereocenters. The molecule has 88 valence electrons. The van der Waals surface area contributed by atoms with Crippen molar-refractivity contribution in [2.24, 2.45) is 0 Å². The lowest BCUT2D eigenvalue weighted by Crippen LogP contribution is -2.36. The molecule has 2 rings (SSSR count). The quantitative estimate of drug-likeness (QED) is 0.754. The Labute approximate surface area is 100 Å². The summed E-state index contributed by atoms with van der Waals surface area (Å²) >= 11 is 5.79. The fourth-order valence-corrected chi connectivity index (χ4v) is 2.54. The number of halogens is 2. The largest absolute Gasteiger partial charge is 0.350 e. The maximum atomic E-state index is 13.7. The van der Waals surface area contributed by atoms with Crippen LogP contribution in [0.4, 0.5) is 10.2 Å². The molecule has 1 aliphatic rings. The minimum absolute atomic E-state index is 0.250. The molecule has 16 heavy (non-hydrogen) atoms. The maximum Gasteiger partial charge on any atom is 0.165 e. The highest BCUT2D eigenvalue weighted by Crippen LogP contribution is 2.28. The monoisotopic (exact) mass is 242 g/mol. The molecule has 1 fully saturated rings. The van der Waals surface area contributed by atoms with Gasteiger partial charge in [0.25, 0.3) is 0 Å². The van der Waals surface area contributed by atoms with Crippen LogP contribution in [0.5, 0.6) is 0 Å². The smallest absolute Gasteiger partial charge is 0.165 e. The zero-order chi connectivity index (χ0) is 11.4. The second-order valence-electron chi connectivity index (χ2n) is 4.13. The van der Waals surface area contributed by atoms with E-state index < -0.39 is 0 Å². The van der Waals surface area contributed by atoms with Crippen molar-refractivity contribution in [2.45, 2.75) is 31.7 Å². The Balaban J connectivity index is 2.21. The van der Waals surface area contributed by atoms with Crippen LogP contribution < -0.4 is 4.90 Å². The van der Waals surface area contributed by atoms with E-state index in [4.69, 9.17) is 11.6 Å². The molecule has 0 bridgehead atoms. The highest BCUT2D eigenvalue weighted by Gasteiger charge is 2.24. The topological polar surface area (TPSA) is 16.1 Å². The molecule has 1 aromatic rings. The lowest BCUT2D eigenvalue weighted by Gasteiger charge is -2.29. The van der Waals surface area contributed by atoms with Gasteiger partial charge in [-0.3, -0.25) is 0 Å². The van der Waals surface area contributed by atoms with Crippen LogP contribution in [0.25, 0.3) is 0 Å². The van der Waals surface area contributed by atoms with Crippen molar-refractivity contribution in [3.8, 4) is 0 Å². The van der Waals surface area contributed by atoms with Crippen LogP contribution >= 0.6 is 11.6 Å². The molecule has 0 radical (unpaired) electrons. The normalized spacial score (nSPS) is 16.6. The van der Waals surface area contributed by atoms with Crippen LogP contribution in [0.1, 0.15) is 25.7 Å². The van der Waals surface area contributed by atoms with Gasteiger partial charge in [-0.1, -0.05) is 12.8 Å². The highest BCUT2D eigenvalue weighted by atomic mass is 35.5. The lowest BCUT2D eigenvalue weighted by molar-refractivity contribution is 0.569. The maximum absolute atomic E-state index is 13.7. The predicted octanol–water partition coefficient (Wildman–Crippen LogP) is 3.21. The van der Waals surface area contributed by atoms with E-state index in [0.717, 1.165) is 12.8 Å². The van der Waals surface area contributed by atoms with Crippen LogP contribution in [-0.2, 0) is 0 Å². The van der Waals surface area contributed by atoms with E-state index in [1.54, 1.807) is 12.3 Å². The van der Waals surface area contributed by atoms with Gasteiger partial charge in [-0.15, -0.1) is 11.6 Å². The number of hydrogen-bond donors (Lipinski definition) is 0. The molecule has 1 saturated carbocycles. The van der Waals surface area contributed by atoms with Gasteiger partial charge in [0.05, 0.1) is 0 Å². The first-order valence-corrected chi connectivity index (χ1v) is 6.29. The van der Waals surface area contributed by atoms with Gasteiger partial charge in [-0.05, 0) is 25.0 Å². The Kier molecular flexibility index (Phi) is 3.99. The average Bonchev–Trinajstić information content (AvgIpc) is 2.80. The Hall–Kier alpha value is -0.830. The molecule has 0 aliphatic heterocycles. The summed E-state index contributed by atoms with van der Waals surface area (Å²) in [5.74, 6) is 0.710. The van der Waals surface area contributed by atoms with Gasteiger partial charge in [-0.25, -0.2) is 9.37 Å². The van der Waals surface area contributed by atoms with Crippen molar-refractivity contribution in [3.63, 3.8) is 0 Å². The lowest BCUT2D eigenvalue weighted by atomic mass is 10.2. The second kappa shape index (κ2) is 5.48. The molecule has 1 heterocycles. The summed E-state index contributed by atoms with van der Waals surface area (Å²) in [5, 5.41) is 0. The summed E-state index contributed by atoms with van der Waals surface area (Å²) in [5.41, 5.74) is 0. The molecule has 0 spiro atoms. The van der Waals surface area contributed by atoms with Crippen molar-refractivity contribution in [1.29, 1.82) is 0 Å². The van der Waals surface area contributed by atoms with Crippen LogP contribution in [0.3, 0.4) is 0 Å². The third-order valence-corrected chi connectivity index (χ3v) is 3.27. The first-order valence-electron chi connectivity index (χ1n) is 5.76. The third kappa shape index (κ3) is 2.46. The fraction of sp³-hybridized carbons (Fsp3) is 0.583. The molecule has 0 N–H and O–H groups in total. The van der Waals surface area contributed by atoms with Crippen LogP contribution in [0.15, 0.2) is 18.3 Å². The SMILES string of the molecule is Fc1cccnc1N(CCCl)C1CCCC1. The van der Waals surface area contributed by atoms with Gasteiger partial charge >= 0.3 is 0 Å². The van der Waals surface area contributed by atoms with Crippen molar-refractivity contribution >= 4 is 17.4 Å². The van der Waals surface area contributed by atoms with Gasteiger partial charge in [0, 0.05) is 24.7 Å². The summed E-state index contributed by atoms with van der Waals surface area (Å²) in [4.78, 5) is 6.16. The number of anilines is 1. The predicted molar refractivity (Wildman–Crippen MR) is 64.5 cm³/mol. The van der Waals surface area contributed by atoms with Crippen molar-refractivity contribution in [3.05, 3.63) is 24.1 Å². The number of rotatable bonds is 4. The molecular weight excluding hydrogens is 227 g/mol. The van der Waals surface area contributed by atoms with Crippen LogP contribution in [-0.4, -0.2) is 23.5 Å². The third-order valence-electron chi connectivity index (χ3n) is 3.10. The Morgan fingerprint density at radius 3 is 2.81 bits per heavy atom. The van der Waals surface area contributed by atoms with Crippen molar-refractivity contribution < 1.29 is 4.39 Å². The number of aromatic nitrogens is 1. The molecule has 0 aromatic carbocycles. The van der Waals surface area contributed by atoms with Gasteiger partial charge in [-0.2, -0.15) is 0 Å². The molecule has 0 atom stereocenters. The first-order chi connectivity index (χ1) is 7.83. The van der Waals surface area contributed by atoms with Gasteiger partial charge < -0.3 is 4.90 Å². The Morgan fingerprint density at radius 1 is 1.44 bits per heavy atom. The average molecular weight is 243 g/mol. The van der Waals surface area contributed by atoms with E-state index in [2.05, 4.69) is 4.98 Å². The second-order valence-corrected chi connectivity index (χ2v) is 4.51. The Bertz CT molecular complexity index is 340. The van der Waals surface area contributed by atoms with Crippen molar-refractivity contribution in [1.82, 2.24) is 4.98 Å². The van der Waals surface area contributed by atoms with Gasteiger partial charge in [0.1, 0.15) is 0 Å². The number of nitrogens with zero attached hydrogens (tertiary/aromatic N) is 2. The molecule has 4 heteroatoms. The van der Waals surface area contributed by atoms with E-state index in [1.165, 1.54) is 18.9 Å². The standard InChI is InChI=1S/C12H16ClFN2/c13-7-9-16(10-4-1-2-5-10)12-11(14)6-3-8-15-12/h3,6,8,10H,1-2,4-5,7,9H2. The summed E-state index contributed by atoms with van der Waals surface area (Å²) in [6, 6.07) is 3.48. The number of alkyl halides is 1. The van der Waals surface area contributed by atoms with Crippen LogP contribution in [0, 0.1) is 5.82 Å². The van der Waals surface area contributed by atoms with E-state index in [9.17, 15) is 4.39 Å². The van der Waals surface area contributed by atoms with Crippen molar-refractivity contribution in [2.75, 3.05) is 17.3 Å². The van der Waals surface area contributed by atoms with Crippen LogP contribution in [0.2, 0.25) is 0 Å². The Morgan fingerprint density at radius 2 is 2.19 bits per heavy atom. The minimum Gasteiger partial charge on any atom is -0.350 e. The summed E-state index contributed by atoms with van der Waals surface area (Å²) in [7, 11) is 0. The van der Waals surface area contributed by atoms with Gasteiger partial charge in [0.15, 0.2) is 11.6 Å². The number of hydrogen-bond acceptors (Lipinski definition) is 2. The highest BCUT2D eigenvalue weighted by molar-refractivity contribution is 6.18. The summed E-state index contributed by atoms with van der Waals surface area (Å²) in [6.07, 6.45) is 6.31. The zero-order valence-corrected chi connectivity index (χ0v) is 9.96. The first kappa shape index (κ1) is 11.6. The van der Waals surface area contributed by atoms with Gasteiger partial charge in [0.2, 0.25) is 0 Å². The molecule has 1 aromatic heterocycles. The molecular formula is C12H16ClFN2. The van der Waals surface area contributed by atoms with E-state index in [-0.39, 0.29) is 5.82 Å². The summed E-state index contributed by atoms with van der Waals surface area (Å²) in [6.45, 7) is 0.667. The zero-order valence-electron chi connectivity index (χ0n) is 9.20. The van der Waals surface area contributed by atoms with E-state index in [1.807, 2.05) is 4.90 Å².